The molecular weight excluding hydrogens is 254 g/mol. The molecule has 4 heteroatoms. The first-order chi connectivity index (χ1) is 9.43. The predicted octanol–water partition coefficient (Wildman–Crippen LogP) is 3.08. The molecule has 20 heavy (non-hydrogen) atoms. The van der Waals surface area contributed by atoms with Crippen LogP contribution in [0, 0.1) is 6.92 Å². The average molecular weight is 279 g/mol. The molecule has 0 unspecified atom stereocenters. The van der Waals surface area contributed by atoms with Gasteiger partial charge in [0.1, 0.15) is 5.75 Å². The molecule has 0 saturated heterocycles. The lowest BCUT2D eigenvalue weighted by atomic mass is 10.1. The molecule has 1 aromatic carbocycles. The minimum absolute atomic E-state index is 0.227. The van der Waals surface area contributed by atoms with E-state index in [1.54, 1.807) is 7.11 Å². The summed E-state index contributed by atoms with van der Waals surface area (Å²) in [6, 6.07) is 6.58. The Morgan fingerprint density at radius 3 is 2.60 bits per heavy atom. The average Bonchev–Trinajstić information content (AvgIpc) is 2.37. The van der Waals surface area contributed by atoms with Gasteiger partial charge in [0.15, 0.2) is 0 Å². The highest BCUT2D eigenvalue weighted by molar-refractivity contribution is 5.66. The van der Waals surface area contributed by atoms with Gasteiger partial charge in [-0.15, -0.1) is 0 Å². The SMILES string of the molecule is COc1ccc(CN(CCCC(=O)O)C(C)C)cc1C. The van der Waals surface area contributed by atoms with Crippen LogP contribution in [0.2, 0.25) is 0 Å². The molecule has 0 fully saturated rings. The Hall–Kier alpha value is -1.55. The largest absolute Gasteiger partial charge is 0.496 e. The van der Waals surface area contributed by atoms with Gasteiger partial charge in [-0.2, -0.15) is 0 Å². The van der Waals surface area contributed by atoms with Crippen LogP contribution in [0.15, 0.2) is 18.2 Å². The summed E-state index contributed by atoms with van der Waals surface area (Å²) in [6.07, 6.45) is 0.910. The molecular formula is C16H25NO3. The van der Waals surface area contributed by atoms with Crippen LogP contribution in [0.4, 0.5) is 0 Å². The maximum atomic E-state index is 10.6. The van der Waals surface area contributed by atoms with Gasteiger partial charge < -0.3 is 9.84 Å². The molecule has 0 saturated carbocycles. The van der Waals surface area contributed by atoms with Crippen LogP contribution in [0.5, 0.6) is 5.75 Å². The summed E-state index contributed by atoms with van der Waals surface area (Å²) in [5, 5.41) is 8.72. The van der Waals surface area contributed by atoms with E-state index in [0.29, 0.717) is 12.5 Å². The van der Waals surface area contributed by atoms with Crippen molar-refractivity contribution in [1.82, 2.24) is 4.90 Å². The predicted molar refractivity (Wildman–Crippen MR) is 80.1 cm³/mol. The molecule has 0 radical (unpaired) electrons. The summed E-state index contributed by atoms with van der Waals surface area (Å²) >= 11 is 0. The third-order valence-corrected chi connectivity index (χ3v) is 3.41. The summed E-state index contributed by atoms with van der Waals surface area (Å²) in [6.45, 7) is 7.94. The lowest BCUT2D eigenvalue weighted by Gasteiger charge is -2.26. The molecule has 1 N–H and O–H groups in total. The van der Waals surface area contributed by atoms with Crippen molar-refractivity contribution < 1.29 is 14.6 Å². The highest BCUT2D eigenvalue weighted by Gasteiger charge is 2.11. The monoisotopic (exact) mass is 279 g/mol. The van der Waals surface area contributed by atoms with E-state index in [1.807, 2.05) is 13.0 Å². The molecule has 0 spiro atoms. The fourth-order valence-electron chi connectivity index (χ4n) is 2.23. The highest BCUT2D eigenvalue weighted by atomic mass is 16.5. The van der Waals surface area contributed by atoms with E-state index >= 15 is 0 Å². The topological polar surface area (TPSA) is 49.8 Å². The Morgan fingerprint density at radius 1 is 1.40 bits per heavy atom. The summed E-state index contributed by atoms with van der Waals surface area (Å²) in [5.74, 6) is 0.171. The van der Waals surface area contributed by atoms with E-state index in [0.717, 1.165) is 24.4 Å². The number of carboxylic acid groups (broad SMARTS) is 1. The van der Waals surface area contributed by atoms with Crippen molar-refractivity contribution in [2.75, 3.05) is 13.7 Å². The number of nitrogens with zero attached hydrogens (tertiary/aromatic N) is 1. The van der Waals surface area contributed by atoms with E-state index in [9.17, 15) is 4.79 Å². The number of carbonyl (C=O) groups is 1. The van der Waals surface area contributed by atoms with Crippen LogP contribution in [-0.4, -0.2) is 35.7 Å². The van der Waals surface area contributed by atoms with Crippen LogP contribution in [-0.2, 0) is 11.3 Å². The van der Waals surface area contributed by atoms with Gasteiger partial charge in [0.25, 0.3) is 0 Å². The van der Waals surface area contributed by atoms with Crippen LogP contribution in [0.25, 0.3) is 0 Å². The van der Waals surface area contributed by atoms with Crippen molar-refractivity contribution in [3.05, 3.63) is 29.3 Å². The van der Waals surface area contributed by atoms with Gasteiger partial charge in [0.2, 0.25) is 0 Å². The lowest BCUT2D eigenvalue weighted by molar-refractivity contribution is -0.137. The second-order valence-corrected chi connectivity index (χ2v) is 5.37. The summed E-state index contributed by atoms with van der Waals surface area (Å²) in [7, 11) is 1.67. The molecule has 1 rings (SSSR count). The first-order valence-electron chi connectivity index (χ1n) is 7.03. The Labute approximate surface area is 121 Å². The van der Waals surface area contributed by atoms with Crippen molar-refractivity contribution in [2.45, 2.75) is 46.2 Å². The Kier molecular flexibility index (Phi) is 6.52. The van der Waals surface area contributed by atoms with Crippen molar-refractivity contribution in [1.29, 1.82) is 0 Å². The zero-order valence-electron chi connectivity index (χ0n) is 12.8. The van der Waals surface area contributed by atoms with Gasteiger partial charge in [0, 0.05) is 19.0 Å². The molecule has 0 aliphatic heterocycles. The highest BCUT2D eigenvalue weighted by Crippen LogP contribution is 2.20. The van der Waals surface area contributed by atoms with Crippen LogP contribution < -0.4 is 4.74 Å². The molecule has 112 valence electrons. The normalized spacial score (nSPS) is 11.1. The fraction of sp³-hybridized carbons (Fsp3) is 0.562. The molecule has 0 aliphatic carbocycles. The van der Waals surface area contributed by atoms with Crippen molar-refractivity contribution in [3.8, 4) is 5.75 Å². The van der Waals surface area contributed by atoms with Crippen LogP contribution in [0.3, 0.4) is 0 Å². The maximum absolute atomic E-state index is 10.6. The number of hydrogen-bond acceptors (Lipinski definition) is 3. The second-order valence-electron chi connectivity index (χ2n) is 5.37. The third-order valence-electron chi connectivity index (χ3n) is 3.41. The van der Waals surface area contributed by atoms with Gasteiger partial charge in [-0.1, -0.05) is 12.1 Å². The summed E-state index contributed by atoms with van der Waals surface area (Å²) in [4.78, 5) is 12.9. The lowest BCUT2D eigenvalue weighted by Crippen LogP contribution is -2.31. The van der Waals surface area contributed by atoms with E-state index < -0.39 is 5.97 Å². The zero-order valence-corrected chi connectivity index (χ0v) is 12.8. The van der Waals surface area contributed by atoms with Gasteiger partial charge in [-0.25, -0.2) is 0 Å². The minimum Gasteiger partial charge on any atom is -0.496 e. The fourth-order valence-corrected chi connectivity index (χ4v) is 2.23. The third kappa shape index (κ3) is 5.21. The Morgan fingerprint density at radius 2 is 2.10 bits per heavy atom. The standard InChI is InChI=1S/C16H25NO3/c1-12(2)17(9-5-6-16(18)19)11-14-7-8-15(20-4)13(3)10-14/h7-8,10,12H,5-6,9,11H2,1-4H3,(H,18,19). The second kappa shape index (κ2) is 7.90. The first-order valence-corrected chi connectivity index (χ1v) is 7.03. The molecule has 0 aromatic heterocycles. The maximum Gasteiger partial charge on any atom is 0.303 e. The van der Waals surface area contributed by atoms with Crippen molar-refractivity contribution in [3.63, 3.8) is 0 Å². The summed E-state index contributed by atoms with van der Waals surface area (Å²) < 4.78 is 5.26. The number of ether oxygens (including phenoxy) is 1. The van der Waals surface area contributed by atoms with Gasteiger partial charge in [0.05, 0.1) is 7.11 Å². The van der Waals surface area contributed by atoms with Crippen molar-refractivity contribution >= 4 is 5.97 Å². The van der Waals surface area contributed by atoms with Crippen LogP contribution >= 0.6 is 0 Å². The Bertz CT molecular complexity index is 443. The number of carboxylic acids is 1. The molecule has 0 aliphatic rings. The van der Waals surface area contributed by atoms with Crippen LogP contribution in [0.1, 0.15) is 37.8 Å². The first kappa shape index (κ1) is 16.5. The molecule has 0 heterocycles. The van der Waals surface area contributed by atoms with Gasteiger partial charge in [-0.3, -0.25) is 9.69 Å². The van der Waals surface area contributed by atoms with Crippen molar-refractivity contribution in [2.24, 2.45) is 0 Å². The molecule has 0 bridgehead atoms. The smallest absolute Gasteiger partial charge is 0.303 e. The van der Waals surface area contributed by atoms with E-state index in [4.69, 9.17) is 9.84 Å². The number of rotatable bonds is 8. The molecule has 0 amide bonds. The van der Waals surface area contributed by atoms with Gasteiger partial charge >= 0.3 is 5.97 Å². The number of methoxy groups -OCH3 is 1. The number of aryl methyl sites for hydroxylation is 1. The number of aliphatic carboxylic acids is 1. The molecule has 0 atom stereocenters. The zero-order chi connectivity index (χ0) is 15.1. The molecule has 1 aromatic rings. The van der Waals surface area contributed by atoms with Gasteiger partial charge in [-0.05, 0) is 50.9 Å². The Balaban J connectivity index is 2.65. The summed E-state index contributed by atoms with van der Waals surface area (Å²) in [5.41, 5.74) is 2.35. The quantitative estimate of drug-likeness (QED) is 0.794. The van der Waals surface area contributed by atoms with E-state index in [2.05, 4.69) is 30.9 Å². The molecule has 4 nitrogen and oxygen atoms in total. The van der Waals surface area contributed by atoms with E-state index in [-0.39, 0.29) is 6.42 Å². The number of hydrogen-bond donors (Lipinski definition) is 1. The minimum atomic E-state index is -0.728. The number of benzene rings is 1. The van der Waals surface area contributed by atoms with E-state index in [1.165, 1.54) is 5.56 Å².